The maximum atomic E-state index is 13.9. The van der Waals surface area contributed by atoms with Crippen molar-refractivity contribution in [3.8, 4) is 34.3 Å². The van der Waals surface area contributed by atoms with E-state index in [9.17, 15) is 24.6 Å². The zero-order valence-corrected chi connectivity index (χ0v) is 42.1. The summed E-state index contributed by atoms with van der Waals surface area (Å²) in [5.41, 5.74) is 5.80. The first kappa shape index (κ1) is 48.5. The number of hydrogen-bond donors (Lipinski definition) is 5. The van der Waals surface area contributed by atoms with E-state index in [2.05, 4.69) is 46.2 Å². The SMILES string of the molecule is CCOc1cc(N2CCC(C(=O)N3CCC(N4CCN(Cc5ccc(-n6c(-c7cc(C(C)C)c(O)cc7O)n[nH]c6=O)cc5)CC4)CC3)CC2)ccc1Nc1ncc2c(n1)N(S)c1ccccc1C(=O)N2C. The summed E-state index contributed by atoms with van der Waals surface area (Å²) in [7, 11) is 1.70. The van der Waals surface area contributed by atoms with Crippen LogP contribution in [-0.4, -0.2) is 134 Å². The number of amides is 2. The minimum absolute atomic E-state index is 0.0000310. The lowest BCUT2D eigenvalue weighted by molar-refractivity contribution is -0.137. The van der Waals surface area contributed by atoms with Crippen LogP contribution in [0.1, 0.15) is 73.9 Å². The van der Waals surface area contributed by atoms with Crippen molar-refractivity contribution in [1.29, 1.82) is 0 Å². The number of hydrogen-bond acceptors (Lipinski definition) is 15. The lowest BCUT2D eigenvalue weighted by Gasteiger charge is -2.43. The van der Waals surface area contributed by atoms with Gasteiger partial charge < -0.3 is 35.0 Å². The number of nitrogens with zero attached hydrogens (tertiary/aromatic N) is 10. The lowest BCUT2D eigenvalue weighted by atomic mass is 9.93. The molecule has 3 fully saturated rings. The van der Waals surface area contributed by atoms with Gasteiger partial charge in [0.2, 0.25) is 11.9 Å². The van der Waals surface area contributed by atoms with Crippen LogP contribution in [0.2, 0.25) is 0 Å². The van der Waals surface area contributed by atoms with Gasteiger partial charge in [0.25, 0.3) is 5.91 Å². The van der Waals surface area contributed by atoms with Gasteiger partial charge in [-0.15, -0.1) is 0 Å². The molecule has 4 aliphatic heterocycles. The second kappa shape index (κ2) is 20.6. The monoisotopic (exact) mass is 994 g/mol. The number of nitrogens with one attached hydrogen (secondary N) is 2. The van der Waals surface area contributed by atoms with E-state index in [4.69, 9.17) is 22.5 Å². The fourth-order valence-electron chi connectivity index (χ4n) is 10.6. The number of thiol groups is 1. The number of fused-ring (bicyclic) bond motifs is 2. The maximum Gasteiger partial charge on any atom is 0.348 e. The van der Waals surface area contributed by atoms with E-state index >= 15 is 0 Å². The number of phenols is 2. The molecule has 0 aliphatic carbocycles. The molecule has 0 spiro atoms. The van der Waals surface area contributed by atoms with Gasteiger partial charge in [-0.1, -0.05) is 50.9 Å². The molecule has 3 saturated heterocycles. The maximum absolute atomic E-state index is 13.9. The van der Waals surface area contributed by atoms with Crippen molar-refractivity contribution in [2.75, 3.05) is 85.4 Å². The van der Waals surface area contributed by atoms with Crippen LogP contribution in [0.25, 0.3) is 17.1 Å². The highest BCUT2D eigenvalue weighted by atomic mass is 32.1. The van der Waals surface area contributed by atoms with Crippen molar-refractivity contribution in [2.45, 2.75) is 65.0 Å². The molecule has 0 saturated carbocycles. The summed E-state index contributed by atoms with van der Waals surface area (Å²) in [5.74, 6) is 1.72. The highest BCUT2D eigenvalue weighted by Crippen LogP contribution is 2.42. The van der Waals surface area contributed by atoms with E-state index in [0.717, 1.165) is 95.8 Å². The summed E-state index contributed by atoms with van der Waals surface area (Å²) in [4.78, 5) is 60.5. The molecule has 4 aliphatic rings. The van der Waals surface area contributed by atoms with Crippen LogP contribution in [0.5, 0.6) is 17.2 Å². The largest absolute Gasteiger partial charge is 0.508 e. The number of piperidine rings is 2. The van der Waals surface area contributed by atoms with E-state index in [-0.39, 0.29) is 41.0 Å². The number of anilines is 6. The molecule has 4 N–H and O–H groups in total. The summed E-state index contributed by atoms with van der Waals surface area (Å²) < 4.78 is 9.18. The van der Waals surface area contributed by atoms with Crippen LogP contribution in [-0.2, 0) is 11.3 Å². The van der Waals surface area contributed by atoms with Crippen LogP contribution >= 0.6 is 12.8 Å². The van der Waals surface area contributed by atoms with Gasteiger partial charge in [0.1, 0.15) is 22.9 Å². The van der Waals surface area contributed by atoms with E-state index in [1.54, 1.807) is 29.7 Å². The molecule has 18 nitrogen and oxygen atoms in total. The van der Waals surface area contributed by atoms with Crippen molar-refractivity contribution in [3.05, 3.63) is 112 Å². The Balaban J connectivity index is 0.688. The van der Waals surface area contributed by atoms with Crippen LogP contribution in [0, 0.1) is 5.92 Å². The summed E-state index contributed by atoms with van der Waals surface area (Å²) in [6, 6.07) is 24.7. The fourth-order valence-corrected chi connectivity index (χ4v) is 10.9. The number of carbonyl (C=O) groups is 2. The molecule has 72 heavy (non-hydrogen) atoms. The van der Waals surface area contributed by atoms with Crippen molar-refractivity contribution >= 4 is 59.1 Å². The Morgan fingerprint density at radius 1 is 0.847 bits per heavy atom. The third-order valence-electron chi connectivity index (χ3n) is 14.7. The van der Waals surface area contributed by atoms with Crippen LogP contribution < -0.4 is 29.8 Å². The van der Waals surface area contributed by atoms with Gasteiger partial charge in [0.05, 0.1) is 41.0 Å². The van der Waals surface area contributed by atoms with Gasteiger partial charge in [-0.3, -0.25) is 23.7 Å². The molecule has 2 aromatic heterocycles. The first-order chi connectivity index (χ1) is 34.8. The molecule has 0 unspecified atom stereocenters. The number of rotatable bonds is 12. The zero-order chi connectivity index (χ0) is 50.2. The predicted molar refractivity (Wildman–Crippen MR) is 282 cm³/mol. The molecule has 19 heteroatoms. The number of carbonyl (C=O) groups excluding carboxylic acids is 2. The number of aromatic hydroxyl groups is 2. The first-order valence-electron chi connectivity index (χ1n) is 24.9. The molecule has 6 heterocycles. The summed E-state index contributed by atoms with van der Waals surface area (Å²) in [5, 5.41) is 31.2. The normalized spacial score (nSPS) is 17.3. The number of ether oxygens (including phenoxy) is 1. The average molecular weight is 995 g/mol. The van der Waals surface area contributed by atoms with Crippen molar-refractivity contribution in [3.63, 3.8) is 0 Å². The van der Waals surface area contributed by atoms with Gasteiger partial charge in [0.15, 0.2) is 11.6 Å². The highest BCUT2D eigenvalue weighted by Gasteiger charge is 2.34. The molecule has 0 bridgehead atoms. The molecule has 376 valence electrons. The lowest BCUT2D eigenvalue weighted by Crippen LogP contribution is -2.54. The van der Waals surface area contributed by atoms with Crippen LogP contribution in [0.15, 0.2) is 89.9 Å². The number of phenolic OH excluding ortho intramolecular Hbond substituents is 2. The third-order valence-corrected chi connectivity index (χ3v) is 15.1. The van der Waals surface area contributed by atoms with Gasteiger partial charge in [-0.25, -0.2) is 19.4 Å². The van der Waals surface area contributed by atoms with Gasteiger partial charge in [-0.05, 0) is 92.1 Å². The zero-order valence-electron chi connectivity index (χ0n) is 41.2. The van der Waals surface area contributed by atoms with E-state index in [1.165, 1.54) is 15.5 Å². The number of H-pyrrole nitrogens is 1. The molecule has 0 atom stereocenters. The molecular weight excluding hydrogens is 933 g/mol. The van der Waals surface area contributed by atoms with Crippen LogP contribution in [0.4, 0.5) is 34.5 Å². The Hall–Kier alpha value is -7.09. The summed E-state index contributed by atoms with van der Waals surface area (Å²) in [6.45, 7) is 14.1. The predicted octanol–water partition coefficient (Wildman–Crippen LogP) is 7.29. The Kier molecular flexibility index (Phi) is 13.9. The molecule has 10 rings (SSSR count). The van der Waals surface area contributed by atoms with Crippen molar-refractivity contribution in [1.82, 2.24) is 39.4 Å². The molecule has 2 amide bonds. The second-order valence-corrected chi connectivity index (χ2v) is 19.8. The van der Waals surface area contributed by atoms with Crippen LogP contribution in [0.3, 0.4) is 0 Å². The Morgan fingerprint density at radius 3 is 2.29 bits per heavy atom. The number of benzene rings is 4. The molecule has 4 aromatic carbocycles. The molecular formula is C53H62N12O6S. The standard InChI is InChI=1S/C53H62N12O6S/c1-5-71-47-28-38(14-15-42(47)55-52-54-31-44-49(56-52)65(72)43-9-7-6-8-39(43)51(69)59(44)4)61-20-16-35(17-21-61)50(68)63-22-18-36(19-23-63)62-26-24-60(25-27-62)32-34-10-12-37(13-11-34)64-48(57-58-53(64)70)41-29-40(33(2)3)45(66)30-46(41)67/h6-15,28-31,33,35-36,66-67,72H,5,16-27,32H2,1-4H3,(H,58,70)(H,54,55,56). The van der Waals surface area contributed by atoms with Crippen molar-refractivity contribution < 1.29 is 24.5 Å². The minimum atomic E-state index is -0.418. The van der Waals surface area contributed by atoms with Gasteiger partial charge in [-0.2, -0.15) is 10.1 Å². The number of aromatic nitrogens is 5. The molecule has 0 radical (unpaired) electrons. The highest BCUT2D eigenvalue weighted by molar-refractivity contribution is 7.82. The van der Waals surface area contributed by atoms with Crippen molar-refractivity contribution in [2.24, 2.45) is 5.92 Å². The third kappa shape index (κ3) is 9.67. The first-order valence-corrected chi connectivity index (χ1v) is 25.3. The Labute approximate surface area is 424 Å². The number of piperazine rings is 1. The quantitative estimate of drug-likeness (QED) is 0.0768. The topological polar surface area (TPSA) is 192 Å². The summed E-state index contributed by atoms with van der Waals surface area (Å²) in [6.07, 6.45) is 5.18. The Morgan fingerprint density at radius 2 is 1.57 bits per heavy atom. The fraction of sp³-hybridized carbons (Fsp3) is 0.396. The second-order valence-electron chi connectivity index (χ2n) is 19.4. The van der Waals surface area contributed by atoms with Gasteiger partial charge >= 0.3 is 5.69 Å². The number of aromatic amines is 1. The minimum Gasteiger partial charge on any atom is -0.508 e. The van der Waals surface area contributed by atoms with E-state index in [0.29, 0.717) is 69.6 Å². The number of para-hydroxylation sites is 1. The Bertz CT molecular complexity index is 3010. The van der Waals surface area contributed by atoms with E-state index < -0.39 is 5.69 Å². The average Bonchev–Trinajstić information content (AvgIpc) is 3.76. The van der Waals surface area contributed by atoms with E-state index in [1.807, 2.05) is 75.4 Å². The number of likely N-dealkylation sites (tertiary alicyclic amines) is 1. The molecule has 6 aromatic rings. The smallest absolute Gasteiger partial charge is 0.348 e. The van der Waals surface area contributed by atoms with Gasteiger partial charge in [0, 0.05) is 95.7 Å². The summed E-state index contributed by atoms with van der Waals surface area (Å²) >= 11 is 4.74.